The fourth-order valence-electron chi connectivity index (χ4n) is 1.64. The first-order valence-electron chi connectivity index (χ1n) is 5.68. The van der Waals surface area contributed by atoms with Gasteiger partial charge in [0.15, 0.2) is 5.78 Å². The summed E-state index contributed by atoms with van der Waals surface area (Å²) in [4.78, 5) is 15.9. The number of alkyl halides is 3. The normalized spacial score (nSPS) is 11.2. The summed E-state index contributed by atoms with van der Waals surface area (Å²) in [5.41, 5.74) is 0.710. The minimum absolute atomic E-state index is 0.114. The number of pyridine rings is 1. The Balaban J connectivity index is 2.34. The van der Waals surface area contributed by atoms with Crippen molar-refractivity contribution < 1.29 is 22.7 Å². The van der Waals surface area contributed by atoms with Crippen molar-refractivity contribution in [3.63, 3.8) is 0 Å². The molecule has 0 aliphatic carbocycles. The summed E-state index contributed by atoms with van der Waals surface area (Å²) < 4.78 is 40.7. The molecular weight excluding hydrogens is 271 g/mol. The molecule has 0 saturated heterocycles. The maximum atomic E-state index is 12.3. The van der Waals surface area contributed by atoms with Crippen LogP contribution < -0.4 is 4.74 Å². The number of nitrogens with zero attached hydrogens (tertiary/aromatic N) is 1. The van der Waals surface area contributed by atoms with Gasteiger partial charge in [-0.25, -0.2) is 0 Å². The quantitative estimate of drug-likeness (QED) is 0.808. The Kier molecular flexibility index (Phi) is 3.74. The second-order valence-corrected chi connectivity index (χ2v) is 4.10. The molecule has 1 aromatic heterocycles. The summed E-state index contributed by atoms with van der Waals surface area (Å²) in [6.07, 6.45) is -1.93. The summed E-state index contributed by atoms with van der Waals surface area (Å²) in [6.45, 7) is 1.47. The van der Waals surface area contributed by atoms with Gasteiger partial charge < -0.3 is 4.74 Å². The first kappa shape index (κ1) is 14.0. The average Bonchev–Trinajstić information content (AvgIpc) is 2.40. The van der Waals surface area contributed by atoms with Crippen molar-refractivity contribution in [2.75, 3.05) is 0 Å². The number of aryl methyl sites for hydroxylation is 1. The Morgan fingerprint density at radius 3 is 2.55 bits per heavy atom. The van der Waals surface area contributed by atoms with E-state index in [1.807, 2.05) is 0 Å². The second kappa shape index (κ2) is 5.32. The summed E-state index contributed by atoms with van der Waals surface area (Å²) >= 11 is 0. The largest absolute Gasteiger partial charge is 0.573 e. The van der Waals surface area contributed by atoms with Gasteiger partial charge in [-0.1, -0.05) is 12.1 Å². The van der Waals surface area contributed by atoms with E-state index in [0.717, 1.165) is 6.07 Å². The lowest BCUT2D eigenvalue weighted by molar-refractivity contribution is -0.274. The molecule has 2 rings (SSSR count). The minimum Gasteiger partial charge on any atom is -0.405 e. The van der Waals surface area contributed by atoms with Gasteiger partial charge in [0.1, 0.15) is 5.75 Å². The molecule has 0 fully saturated rings. The monoisotopic (exact) mass is 281 g/mol. The Labute approximate surface area is 113 Å². The molecular formula is C14H10F3NO2. The van der Waals surface area contributed by atoms with Crippen molar-refractivity contribution in [3.05, 3.63) is 59.4 Å². The zero-order chi connectivity index (χ0) is 14.8. The molecule has 0 atom stereocenters. The molecule has 1 aromatic carbocycles. The number of ether oxygens (including phenoxy) is 1. The van der Waals surface area contributed by atoms with Crippen LogP contribution in [0.3, 0.4) is 0 Å². The molecule has 0 spiro atoms. The predicted octanol–water partition coefficient (Wildman–Crippen LogP) is 3.52. The van der Waals surface area contributed by atoms with Crippen LogP contribution in [0.2, 0.25) is 0 Å². The van der Waals surface area contributed by atoms with Crippen molar-refractivity contribution in [1.82, 2.24) is 4.98 Å². The average molecular weight is 281 g/mol. The zero-order valence-electron chi connectivity index (χ0n) is 10.4. The fraction of sp³-hybridized carbons (Fsp3) is 0.143. The highest BCUT2D eigenvalue weighted by molar-refractivity contribution is 6.09. The number of ketones is 1. The van der Waals surface area contributed by atoms with Gasteiger partial charge in [-0.2, -0.15) is 0 Å². The summed E-state index contributed by atoms with van der Waals surface area (Å²) in [5.74, 6) is -0.794. The summed E-state index contributed by atoms with van der Waals surface area (Å²) in [6, 6.07) is 7.06. The lowest BCUT2D eigenvalue weighted by Gasteiger charge is -2.12. The third kappa shape index (κ3) is 3.34. The summed E-state index contributed by atoms with van der Waals surface area (Å²) in [5, 5.41) is 0. The van der Waals surface area contributed by atoms with E-state index in [-0.39, 0.29) is 11.3 Å². The van der Waals surface area contributed by atoms with E-state index in [1.54, 1.807) is 12.1 Å². The standard InChI is InChI=1S/C14H10F3NO2/c1-9-4-5-10(7-12(9)20-14(15,16)17)13(19)11-3-2-6-18-8-11/h2-8H,1H3. The smallest absolute Gasteiger partial charge is 0.405 e. The van der Waals surface area contributed by atoms with Gasteiger partial charge in [0, 0.05) is 23.5 Å². The highest BCUT2D eigenvalue weighted by Gasteiger charge is 2.32. The number of halogens is 3. The topological polar surface area (TPSA) is 39.2 Å². The van der Waals surface area contributed by atoms with Gasteiger partial charge in [0.25, 0.3) is 0 Å². The van der Waals surface area contributed by atoms with Crippen molar-refractivity contribution in [3.8, 4) is 5.75 Å². The van der Waals surface area contributed by atoms with Crippen molar-refractivity contribution in [1.29, 1.82) is 0 Å². The first-order valence-corrected chi connectivity index (χ1v) is 5.68. The number of hydrogen-bond acceptors (Lipinski definition) is 3. The van der Waals surface area contributed by atoms with Crippen molar-refractivity contribution in [2.24, 2.45) is 0 Å². The molecule has 0 aliphatic rings. The Hall–Kier alpha value is -2.37. The van der Waals surface area contributed by atoms with Gasteiger partial charge in [-0.05, 0) is 30.7 Å². The van der Waals surface area contributed by atoms with E-state index in [1.165, 1.54) is 31.5 Å². The van der Waals surface area contributed by atoms with Crippen LogP contribution in [0.25, 0.3) is 0 Å². The lowest BCUT2D eigenvalue weighted by atomic mass is 10.0. The SMILES string of the molecule is Cc1ccc(C(=O)c2cccnc2)cc1OC(F)(F)F. The molecule has 20 heavy (non-hydrogen) atoms. The first-order chi connectivity index (χ1) is 9.37. The van der Waals surface area contributed by atoms with Crippen LogP contribution in [-0.2, 0) is 0 Å². The molecule has 6 heteroatoms. The number of hydrogen-bond donors (Lipinski definition) is 0. The van der Waals surface area contributed by atoms with Gasteiger partial charge in [0.05, 0.1) is 0 Å². The molecule has 0 saturated carbocycles. The number of carbonyl (C=O) groups excluding carboxylic acids is 1. The van der Waals surface area contributed by atoms with Crippen LogP contribution in [0.1, 0.15) is 21.5 Å². The van der Waals surface area contributed by atoms with E-state index >= 15 is 0 Å². The van der Waals surface area contributed by atoms with Crippen LogP contribution in [0, 0.1) is 6.92 Å². The predicted molar refractivity (Wildman–Crippen MR) is 65.5 cm³/mol. The van der Waals surface area contributed by atoms with Crippen molar-refractivity contribution >= 4 is 5.78 Å². The summed E-state index contributed by atoms with van der Waals surface area (Å²) in [7, 11) is 0. The highest BCUT2D eigenvalue weighted by Crippen LogP contribution is 2.27. The molecule has 0 unspecified atom stereocenters. The molecule has 2 aromatic rings. The maximum Gasteiger partial charge on any atom is 0.573 e. The number of benzene rings is 1. The Morgan fingerprint density at radius 2 is 1.95 bits per heavy atom. The molecule has 0 radical (unpaired) electrons. The van der Waals surface area contributed by atoms with Gasteiger partial charge >= 0.3 is 6.36 Å². The van der Waals surface area contributed by atoms with Crippen LogP contribution in [0.5, 0.6) is 5.75 Å². The van der Waals surface area contributed by atoms with E-state index in [9.17, 15) is 18.0 Å². The van der Waals surface area contributed by atoms with Crippen LogP contribution in [0.15, 0.2) is 42.7 Å². The van der Waals surface area contributed by atoms with E-state index in [0.29, 0.717) is 11.1 Å². The number of aromatic nitrogens is 1. The van der Waals surface area contributed by atoms with Crippen LogP contribution in [-0.4, -0.2) is 17.1 Å². The van der Waals surface area contributed by atoms with Crippen LogP contribution >= 0.6 is 0 Å². The van der Waals surface area contributed by atoms with E-state index in [4.69, 9.17) is 0 Å². The molecule has 0 amide bonds. The highest BCUT2D eigenvalue weighted by atomic mass is 19.4. The zero-order valence-corrected chi connectivity index (χ0v) is 10.4. The molecule has 3 nitrogen and oxygen atoms in total. The van der Waals surface area contributed by atoms with Crippen LogP contribution in [0.4, 0.5) is 13.2 Å². The molecule has 0 aliphatic heterocycles. The maximum absolute atomic E-state index is 12.3. The third-order valence-corrected chi connectivity index (χ3v) is 2.60. The van der Waals surface area contributed by atoms with Gasteiger partial charge in [-0.3, -0.25) is 9.78 Å². The number of carbonyl (C=O) groups is 1. The second-order valence-electron chi connectivity index (χ2n) is 4.10. The minimum atomic E-state index is -4.79. The van der Waals surface area contributed by atoms with E-state index in [2.05, 4.69) is 9.72 Å². The Morgan fingerprint density at radius 1 is 1.20 bits per heavy atom. The lowest BCUT2D eigenvalue weighted by Crippen LogP contribution is -2.18. The van der Waals surface area contributed by atoms with Crippen molar-refractivity contribution in [2.45, 2.75) is 13.3 Å². The fourth-order valence-corrected chi connectivity index (χ4v) is 1.64. The Bertz CT molecular complexity index is 624. The molecule has 0 N–H and O–H groups in total. The third-order valence-electron chi connectivity index (χ3n) is 2.60. The van der Waals surface area contributed by atoms with E-state index < -0.39 is 12.1 Å². The molecule has 104 valence electrons. The molecule has 1 heterocycles. The van der Waals surface area contributed by atoms with Gasteiger partial charge in [-0.15, -0.1) is 13.2 Å². The van der Waals surface area contributed by atoms with Gasteiger partial charge in [0.2, 0.25) is 0 Å². The number of rotatable bonds is 3. The molecule has 0 bridgehead atoms.